The maximum absolute atomic E-state index is 11.6. The Morgan fingerprint density at radius 2 is 1.19 bits per heavy atom. The summed E-state index contributed by atoms with van der Waals surface area (Å²) in [6.07, 6.45) is 0. The van der Waals surface area contributed by atoms with E-state index < -0.39 is 0 Å². The monoisotopic (exact) mass is 228 g/mol. The van der Waals surface area contributed by atoms with Gasteiger partial charge in [-0.3, -0.25) is 10.9 Å². The van der Waals surface area contributed by atoms with Gasteiger partial charge in [0.15, 0.2) is 0 Å². The molecule has 16 heavy (non-hydrogen) atoms. The van der Waals surface area contributed by atoms with Crippen LogP contribution in [0.3, 0.4) is 0 Å². The van der Waals surface area contributed by atoms with E-state index in [0.717, 1.165) is 52.4 Å². The molecule has 7 nitrogen and oxygen atoms in total. The zero-order valence-electron chi connectivity index (χ0n) is 9.46. The topological polar surface area (TPSA) is 71.7 Å². The number of hydrogen-bond donors (Lipinski definition) is 4. The molecule has 2 saturated heterocycles. The molecule has 2 aliphatic heterocycles. The third-order valence-corrected chi connectivity index (χ3v) is 2.75. The van der Waals surface area contributed by atoms with Crippen LogP contribution in [0, 0.1) is 0 Å². The van der Waals surface area contributed by atoms with Crippen molar-refractivity contribution in [3.63, 3.8) is 0 Å². The van der Waals surface area contributed by atoms with E-state index in [4.69, 9.17) is 0 Å². The lowest BCUT2D eigenvalue weighted by Crippen LogP contribution is -2.59. The van der Waals surface area contributed by atoms with E-state index in [1.807, 2.05) is 10.0 Å². The fraction of sp³-hybridized carbons (Fsp3) is 0.889. The minimum Gasteiger partial charge on any atom is -0.314 e. The van der Waals surface area contributed by atoms with Gasteiger partial charge in [0.05, 0.1) is 0 Å². The van der Waals surface area contributed by atoms with E-state index in [9.17, 15) is 4.79 Å². The van der Waals surface area contributed by atoms with E-state index in [-0.39, 0.29) is 6.03 Å². The van der Waals surface area contributed by atoms with E-state index in [1.54, 1.807) is 0 Å². The van der Waals surface area contributed by atoms with Gasteiger partial charge in [-0.25, -0.2) is 14.8 Å². The van der Waals surface area contributed by atoms with Crippen molar-refractivity contribution in [1.82, 2.24) is 31.5 Å². The molecule has 2 rings (SSSR count). The Kier molecular flexibility index (Phi) is 4.34. The van der Waals surface area contributed by atoms with Crippen LogP contribution in [0.5, 0.6) is 0 Å². The van der Waals surface area contributed by atoms with Crippen LogP contribution >= 0.6 is 0 Å². The Morgan fingerprint density at radius 3 is 1.56 bits per heavy atom. The van der Waals surface area contributed by atoms with Crippen LogP contribution in [0.25, 0.3) is 0 Å². The summed E-state index contributed by atoms with van der Waals surface area (Å²) in [4.78, 5) is 11.6. The Hall–Kier alpha value is -0.890. The highest BCUT2D eigenvalue weighted by atomic mass is 16.2. The van der Waals surface area contributed by atoms with E-state index in [2.05, 4.69) is 21.5 Å². The second kappa shape index (κ2) is 6.00. The van der Waals surface area contributed by atoms with E-state index in [1.165, 1.54) is 0 Å². The largest absolute Gasteiger partial charge is 0.343 e. The summed E-state index contributed by atoms with van der Waals surface area (Å²) in [7, 11) is 0. The zero-order valence-corrected chi connectivity index (χ0v) is 9.46. The summed E-state index contributed by atoms with van der Waals surface area (Å²) < 4.78 is 0. The summed E-state index contributed by atoms with van der Waals surface area (Å²) in [6, 6.07) is -0.135. The van der Waals surface area contributed by atoms with Crippen LogP contribution < -0.4 is 21.5 Å². The first-order valence-electron chi connectivity index (χ1n) is 5.83. The summed E-state index contributed by atoms with van der Waals surface area (Å²) in [5.41, 5.74) is 5.69. The van der Waals surface area contributed by atoms with Crippen molar-refractivity contribution in [2.24, 2.45) is 0 Å². The van der Waals surface area contributed by atoms with Crippen molar-refractivity contribution in [1.29, 1.82) is 0 Å². The third kappa shape index (κ3) is 3.60. The zero-order chi connectivity index (χ0) is 11.2. The van der Waals surface area contributed by atoms with Crippen LogP contribution in [-0.4, -0.2) is 68.4 Å². The highest BCUT2D eigenvalue weighted by Gasteiger charge is 2.15. The highest BCUT2D eigenvalue weighted by Crippen LogP contribution is 1.89. The molecular weight excluding hydrogens is 208 g/mol. The molecule has 92 valence electrons. The van der Waals surface area contributed by atoms with Crippen molar-refractivity contribution in [2.45, 2.75) is 0 Å². The molecule has 0 radical (unpaired) electrons. The lowest BCUT2D eigenvalue weighted by atomic mass is 10.4. The van der Waals surface area contributed by atoms with E-state index in [0.29, 0.717) is 0 Å². The number of carbonyl (C=O) groups excluding carboxylic acids is 1. The molecule has 2 heterocycles. The average Bonchev–Trinajstić information content (AvgIpc) is 2.31. The molecule has 2 fully saturated rings. The number of nitrogens with zero attached hydrogens (tertiary/aromatic N) is 2. The molecule has 0 aliphatic carbocycles. The fourth-order valence-corrected chi connectivity index (χ4v) is 1.87. The minimum absolute atomic E-state index is 0.135. The maximum atomic E-state index is 11.6. The second-order valence-corrected chi connectivity index (χ2v) is 4.03. The Balaban J connectivity index is 1.66. The summed E-state index contributed by atoms with van der Waals surface area (Å²) >= 11 is 0. The van der Waals surface area contributed by atoms with E-state index >= 15 is 0 Å². The van der Waals surface area contributed by atoms with Crippen molar-refractivity contribution in [2.75, 3.05) is 52.4 Å². The van der Waals surface area contributed by atoms with Crippen LogP contribution in [0.2, 0.25) is 0 Å². The standard InChI is InChI=1S/C9H20N6O/c16-9(12-14-5-1-10-2-6-14)13-15-7-3-11-4-8-15/h10-11H,1-8H2,(H2,12,13,16). The summed E-state index contributed by atoms with van der Waals surface area (Å²) in [6.45, 7) is 7.12. The van der Waals surface area contributed by atoms with Gasteiger partial charge in [-0.2, -0.15) is 0 Å². The number of urea groups is 1. The Bertz CT molecular complexity index is 202. The van der Waals surface area contributed by atoms with Crippen LogP contribution in [0.15, 0.2) is 0 Å². The minimum atomic E-state index is -0.135. The Labute approximate surface area is 95.5 Å². The molecule has 0 aromatic rings. The quantitative estimate of drug-likeness (QED) is 0.437. The summed E-state index contributed by atoms with van der Waals surface area (Å²) in [5.74, 6) is 0. The molecule has 4 N–H and O–H groups in total. The van der Waals surface area contributed by atoms with Crippen molar-refractivity contribution in [3.05, 3.63) is 0 Å². The first kappa shape index (κ1) is 11.6. The van der Waals surface area contributed by atoms with Gasteiger partial charge in [-0.15, -0.1) is 0 Å². The lowest BCUT2D eigenvalue weighted by molar-refractivity contribution is 0.126. The molecule has 0 bridgehead atoms. The van der Waals surface area contributed by atoms with Gasteiger partial charge in [0.25, 0.3) is 0 Å². The van der Waals surface area contributed by atoms with Crippen molar-refractivity contribution < 1.29 is 4.79 Å². The molecule has 2 amide bonds. The number of hydrogen-bond acceptors (Lipinski definition) is 5. The number of piperazine rings is 2. The first-order chi connectivity index (χ1) is 7.84. The molecule has 0 aromatic heterocycles. The number of nitrogens with one attached hydrogen (secondary N) is 4. The molecular formula is C9H20N6O. The maximum Gasteiger partial charge on any atom is 0.343 e. The molecule has 0 spiro atoms. The van der Waals surface area contributed by atoms with Crippen LogP contribution in [0.1, 0.15) is 0 Å². The number of hydrazine groups is 2. The van der Waals surface area contributed by atoms with Gasteiger partial charge in [-0.1, -0.05) is 0 Å². The molecule has 7 heteroatoms. The third-order valence-electron chi connectivity index (χ3n) is 2.75. The van der Waals surface area contributed by atoms with Gasteiger partial charge < -0.3 is 10.6 Å². The SMILES string of the molecule is O=C(NN1CCNCC1)NN1CCNCC1. The van der Waals surface area contributed by atoms with Gasteiger partial charge in [-0.05, 0) is 0 Å². The Morgan fingerprint density at radius 1 is 0.812 bits per heavy atom. The van der Waals surface area contributed by atoms with Gasteiger partial charge in [0.2, 0.25) is 0 Å². The number of rotatable bonds is 2. The predicted molar refractivity (Wildman–Crippen MR) is 60.6 cm³/mol. The highest BCUT2D eigenvalue weighted by molar-refractivity contribution is 5.72. The normalized spacial score (nSPS) is 24.0. The average molecular weight is 228 g/mol. The lowest BCUT2D eigenvalue weighted by Gasteiger charge is -2.31. The predicted octanol–water partition coefficient (Wildman–Crippen LogP) is -2.07. The molecule has 0 unspecified atom stereocenters. The number of carbonyl (C=O) groups is 1. The summed E-state index contributed by atoms with van der Waals surface area (Å²) in [5, 5.41) is 10.4. The fourth-order valence-electron chi connectivity index (χ4n) is 1.87. The van der Waals surface area contributed by atoms with Crippen LogP contribution in [-0.2, 0) is 0 Å². The smallest absolute Gasteiger partial charge is 0.314 e. The molecule has 0 aromatic carbocycles. The number of amides is 2. The second-order valence-electron chi connectivity index (χ2n) is 4.03. The van der Waals surface area contributed by atoms with Crippen molar-refractivity contribution >= 4 is 6.03 Å². The first-order valence-corrected chi connectivity index (χ1v) is 5.83. The van der Waals surface area contributed by atoms with Crippen molar-refractivity contribution in [3.8, 4) is 0 Å². The van der Waals surface area contributed by atoms with Crippen LogP contribution in [0.4, 0.5) is 4.79 Å². The van der Waals surface area contributed by atoms with Gasteiger partial charge in [0.1, 0.15) is 0 Å². The molecule has 0 saturated carbocycles. The van der Waals surface area contributed by atoms with Gasteiger partial charge in [0, 0.05) is 52.4 Å². The molecule has 2 aliphatic rings. The molecule has 0 atom stereocenters. The van der Waals surface area contributed by atoms with Gasteiger partial charge >= 0.3 is 6.03 Å².